The Bertz CT molecular complexity index is 477. The number of benzene rings is 1. The summed E-state index contributed by atoms with van der Waals surface area (Å²) >= 11 is 3.45. The van der Waals surface area contributed by atoms with Crippen LogP contribution in [0.25, 0.3) is 0 Å². The topological polar surface area (TPSA) is 52.6 Å². The minimum atomic E-state index is -0.389. The zero-order valence-corrected chi connectivity index (χ0v) is 12.8. The van der Waals surface area contributed by atoms with Crippen LogP contribution in [0.4, 0.5) is 10.5 Å². The van der Waals surface area contributed by atoms with Gasteiger partial charge in [-0.1, -0.05) is 29.8 Å². The number of anilines is 1. The Morgan fingerprint density at radius 2 is 2.26 bits per heavy atom. The molecule has 0 unspecified atom stereocenters. The number of aliphatic hydroxyl groups excluding tert-OH is 1. The first kappa shape index (κ1) is 14.3. The molecule has 2 rings (SSSR count). The van der Waals surface area contributed by atoms with E-state index >= 15 is 0 Å². The Kier molecular flexibility index (Phi) is 4.47. The summed E-state index contributed by atoms with van der Waals surface area (Å²) in [6.07, 6.45) is 0.269. The van der Waals surface area contributed by atoms with Crippen molar-refractivity contribution in [2.75, 3.05) is 18.4 Å². The van der Waals surface area contributed by atoms with E-state index in [0.717, 1.165) is 15.7 Å². The third-order valence-electron chi connectivity index (χ3n) is 3.33. The molecule has 2 N–H and O–H groups in total. The number of β-amino-alcohol motifs (C(OH)–C–C–N with tert-alkyl or cyclic N) is 1. The Balaban J connectivity index is 2.12. The van der Waals surface area contributed by atoms with Crippen molar-refractivity contribution in [1.82, 2.24) is 4.90 Å². The second-order valence-corrected chi connectivity index (χ2v) is 6.12. The van der Waals surface area contributed by atoms with Gasteiger partial charge in [-0.25, -0.2) is 4.79 Å². The third kappa shape index (κ3) is 3.48. The van der Waals surface area contributed by atoms with Crippen molar-refractivity contribution in [3.05, 3.63) is 28.2 Å². The van der Waals surface area contributed by atoms with E-state index in [-0.39, 0.29) is 12.1 Å². The molecule has 1 aromatic carbocycles. The van der Waals surface area contributed by atoms with Gasteiger partial charge in [0.1, 0.15) is 0 Å². The number of urea groups is 1. The summed E-state index contributed by atoms with van der Waals surface area (Å²) in [4.78, 5) is 13.8. The number of amides is 2. The molecule has 19 heavy (non-hydrogen) atoms. The molecule has 0 spiro atoms. The molecule has 0 aliphatic carbocycles. The fraction of sp³-hybridized carbons (Fsp3) is 0.500. The zero-order chi connectivity index (χ0) is 14.0. The standard InChI is InChI=1S/C14H19BrN2O2/c1-9(2)12-7-10(15)3-4-13(12)16-14(19)17-6-5-11(18)8-17/h3-4,7,9,11,18H,5-6,8H2,1-2H3,(H,16,19)/t11-/m1/s1. The van der Waals surface area contributed by atoms with Gasteiger partial charge in [0.2, 0.25) is 0 Å². The number of nitrogens with zero attached hydrogens (tertiary/aromatic N) is 1. The van der Waals surface area contributed by atoms with Crippen molar-refractivity contribution in [1.29, 1.82) is 0 Å². The minimum absolute atomic E-state index is 0.138. The zero-order valence-electron chi connectivity index (χ0n) is 11.2. The molecular weight excluding hydrogens is 308 g/mol. The quantitative estimate of drug-likeness (QED) is 0.877. The Morgan fingerprint density at radius 1 is 1.53 bits per heavy atom. The van der Waals surface area contributed by atoms with E-state index in [2.05, 4.69) is 35.1 Å². The third-order valence-corrected chi connectivity index (χ3v) is 3.82. The molecule has 0 aromatic heterocycles. The van der Waals surface area contributed by atoms with E-state index in [4.69, 9.17) is 0 Å². The van der Waals surface area contributed by atoms with Gasteiger partial charge in [0.25, 0.3) is 0 Å². The fourth-order valence-corrected chi connectivity index (χ4v) is 2.62. The van der Waals surface area contributed by atoms with Crippen LogP contribution in [0.1, 0.15) is 31.7 Å². The SMILES string of the molecule is CC(C)c1cc(Br)ccc1NC(=O)N1CC[C@@H](O)C1. The molecule has 1 heterocycles. The first-order valence-corrected chi connectivity index (χ1v) is 7.30. The van der Waals surface area contributed by atoms with Gasteiger partial charge in [0.15, 0.2) is 0 Å². The highest BCUT2D eigenvalue weighted by Gasteiger charge is 2.25. The number of carbonyl (C=O) groups excluding carboxylic acids is 1. The average molecular weight is 327 g/mol. The normalized spacial score (nSPS) is 19.0. The molecule has 0 radical (unpaired) electrons. The molecule has 1 fully saturated rings. The van der Waals surface area contributed by atoms with Crippen LogP contribution in [-0.4, -0.2) is 35.2 Å². The maximum Gasteiger partial charge on any atom is 0.321 e. The summed E-state index contributed by atoms with van der Waals surface area (Å²) in [5.41, 5.74) is 1.94. The van der Waals surface area contributed by atoms with Crippen LogP contribution in [0.15, 0.2) is 22.7 Å². The Labute approximate surface area is 121 Å². The molecule has 1 saturated heterocycles. The molecule has 1 aliphatic rings. The maximum absolute atomic E-state index is 12.1. The number of rotatable bonds is 2. The fourth-order valence-electron chi connectivity index (χ4n) is 2.25. The van der Waals surface area contributed by atoms with E-state index in [1.165, 1.54) is 0 Å². The molecule has 1 aromatic rings. The van der Waals surface area contributed by atoms with Crippen LogP contribution in [0.3, 0.4) is 0 Å². The van der Waals surface area contributed by atoms with Crippen LogP contribution in [0, 0.1) is 0 Å². The van der Waals surface area contributed by atoms with Crippen LogP contribution in [0.5, 0.6) is 0 Å². The molecule has 1 atom stereocenters. The molecule has 0 saturated carbocycles. The Hall–Kier alpha value is -1.07. The highest BCUT2D eigenvalue weighted by molar-refractivity contribution is 9.10. The van der Waals surface area contributed by atoms with Gasteiger partial charge in [0.05, 0.1) is 6.10 Å². The highest BCUT2D eigenvalue weighted by Crippen LogP contribution is 2.28. The van der Waals surface area contributed by atoms with Crippen molar-refractivity contribution < 1.29 is 9.90 Å². The minimum Gasteiger partial charge on any atom is -0.391 e. The lowest BCUT2D eigenvalue weighted by molar-refractivity contribution is 0.176. The Morgan fingerprint density at radius 3 is 2.84 bits per heavy atom. The second kappa shape index (κ2) is 5.92. The van der Waals surface area contributed by atoms with Crippen LogP contribution in [0.2, 0.25) is 0 Å². The number of nitrogens with one attached hydrogen (secondary N) is 1. The van der Waals surface area contributed by atoms with Crippen molar-refractivity contribution >= 4 is 27.6 Å². The molecular formula is C14H19BrN2O2. The maximum atomic E-state index is 12.1. The monoisotopic (exact) mass is 326 g/mol. The lowest BCUT2D eigenvalue weighted by Gasteiger charge is -2.19. The van der Waals surface area contributed by atoms with Gasteiger partial charge in [-0.15, -0.1) is 0 Å². The summed E-state index contributed by atoms with van der Waals surface area (Å²) in [5.74, 6) is 0.331. The molecule has 1 aliphatic heterocycles. The molecule has 0 bridgehead atoms. The van der Waals surface area contributed by atoms with Crippen molar-refractivity contribution in [3.8, 4) is 0 Å². The lowest BCUT2D eigenvalue weighted by atomic mass is 10.0. The van der Waals surface area contributed by atoms with Crippen LogP contribution < -0.4 is 5.32 Å². The summed E-state index contributed by atoms with van der Waals surface area (Å²) in [5, 5.41) is 12.4. The number of carbonyl (C=O) groups is 1. The van der Waals surface area contributed by atoms with Crippen molar-refractivity contribution in [3.63, 3.8) is 0 Å². The number of aliphatic hydroxyl groups is 1. The van der Waals surface area contributed by atoms with Crippen molar-refractivity contribution in [2.45, 2.75) is 32.3 Å². The lowest BCUT2D eigenvalue weighted by Crippen LogP contribution is -2.33. The molecule has 5 heteroatoms. The van der Waals surface area contributed by atoms with Gasteiger partial charge >= 0.3 is 6.03 Å². The summed E-state index contributed by atoms with van der Waals surface area (Å²) in [7, 11) is 0. The summed E-state index contributed by atoms with van der Waals surface area (Å²) < 4.78 is 1.01. The first-order valence-electron chi connectivity index (χ1n) is 6.51. The van der Waals surface area contributed by atoms with Crippen LogP contribution in [-0.2, 0) is 0 Å². The predicted molar refractivity (Wildman–Crippen MR) is 79.4 cm³/mol. The van der Waals surface area contributed by atoms with Crippen LogP contribution >= 0.6 is 15.9 Å². The largest absolute Gasteiger partial charge is 0.391 e. The van der Waals surface area contributed by atoms with E-state index < -0.39 is 0 Å². The highest BCUT2D eigenvalue weighted by atomic mass is 79.9. The van der Waals surface area contributed by atoms with Gasteiger partial charge in [-0.2, -0.15) is 0 Å². The first-order chi connectivity index (χ1) is 8.97. The van der Waals surface area contributed by atoms with Gasteiger partial charge in [-0.3, -0.25) is 0 Å². The van der Waals surface area contributed by atoms with Gasteiger partial charge in [-0.05, 0) is 36.1 Å². The molecule has 4 nitrogen and oxygen atoms in total. The van der Waals surface area contributed by atoms with E-state index in [0.29, 0.717) is 25.4 Å². The number of hydrogen-bond acceptors (Lipinski definition) is 2. The summed E-state index contributed by atoms with van der Waals surface area (Å²) in [6, 6.07) is 5.71. The van der Waals surface area contributed by atoms with Crippen molar-refractivity contribution in [2.24, 2.45) is 0 Å². The van der Waals surface area contributed by atoms with Gasteiger partial charge in [0, 0.05) is 23.2 Å². The number of halogens is 1. The molecule has 2 amide bonds. The average Bonchev–Trinajstić information content (AvgIpc) is 2.78. The summed E-state index contributed by atoms with van der Waals surface area (Å²) in [6.45, 7) is 5.22. The smallest absolute Gasteiger partial charge is 0.321 e. The number of likely N-dealkylation sites (tertiary alicyclic amines) is 1. The predicted octanol–water partition coefficient (Wildman–Crippen LogP) is 3.17. The van der Waals surface area contributed by atoms with E-state index in [1.54, 1.807) is 4.90 Å². The van der Waals surface area contributed by atoms with E-state index in [1.807, 2.05) is 18.2 Å². The molecule has 104 valence electrons. The number of hydrogen-bond donors (Lipinski definition) is 2. The second-order valence-electron chi connectivity index (χ2n) is 5.20. The van der Waals surface area contributed by atoms with E-state index in [9.17, 15) is 9.90 Å². The van der Waals surface area contributed by atoms with Gasteiger partial charge < -0.3 is 15.3 Å².